The molecule has 3 rings (SSSR count). The average Bonchev–Trinajstić information content (AvgIpc) is 0.784. The van der Waals surface area contributed by atoms with Crippen LogP contribution in [-0.2, 0) is 33.2 Å². The van der Waals surface area contributed by atoms with E-state index in [9.17, 15) is 61.0 Å². The summed E-state index contributed by atoms with van der Waals surface area (Å²) in [5.41, 5.74) is 0. The fourth-order valence-corrected chi connectivity index (χ4v) is 11.8. The summed E-state index contributed by atoms with van der Waals surface area (Å²) in [6, 6.07) is -1.01. The third-order valence-corrected chi connectivity index (χ3v) is 17.9. The van der Waals surface area contributed by atoms with Crippen molar-refractivity contribution >= 4 is 5.91 Å². The van der Waals surface area contributed by atoms with E-state index in [1.54, 1.807) is 6.08 Å². The van der Waals surface area contributed by atoms with Crippen molar-refractivity contribution in [3.63, 3.8) is 0 Å². The van der Waals surface area contributed by atoms with Crippen molar-refractivity contribution in [1.29, 1.82) is 0 Å². The smallest absolute Gasteiger partial charge is 0.220 e. The van der Waals surface area contributed by atoms with Crippen LogP contribution in [0.25, 0.3) is 0 Å². The maximum Gasteiger partial charge on any atom is 0.220 e. The zero-order valence-electron chi connectivity index (χ0n) is 60.6. The molecule has 0 spiro atoms. The van der Waals surface area contributed by atoms with Gasteiger partial charge in [-0.25, -0.2) is 0 Å². The molecule has 1 amide bonds. The quantitative estimate of drug-likeness (QED) is 0.0199. The van der Waals surface area contributed by atoms with Crippen molar-refractivity contribution in [2.24, 2.45) is 0 Å². The first-order valence-corrected chi connectivity index (χ1v) is 38.1. The Morgan fingerprint density at radius 3 is 1.12 bits per heavy atom. The molecule has 3 saturated heterocycles. The van der Waals surface area contributed by atoms with Gasteiger partial charge in [0.15, 0.2) is 18.9 Å². The summed E-state index contributed by atoms with van der Waals surface area (Å²) in [6.07, 6.45) is 59.7. The van der Waals surface area contributed by atoms with E-state index in [0.717, 1.165) is 128 Å². The molecule has 3 aliphatic heterocycles. The molecule has 0 saturated carbocycles. The predicted molar refractivity (Wildman–Crippen MR) is 396 cm³/mol. The molecule has 0 aliphatic carbocycles. The summed E-state index contributed by atoms with van der Waals surface area (Å²) < 4.78 is 34.3. The maximum absolute atomic E-state index is 13.4. The molecule has 0 aromatic heterocycles. The van der Waals surface area contributed by atoms with Gasteiger partial charge in [0, 0.05) is 6.42 Å². The molecule has 0 aromatic carbocycles. The van der Waals surface area contributed by atoms with Gasteiger partial charge >= 0.3 is 0 Å². The Balaban J connectivity index is 1.36. The van der Waals surface area contributed by atoms with Gasteiger partial charge < -0.3 is 89.9 Å². The third-order valence-electron chi connectivity index (χ3n) is 17.9. The molecule has 0 bridgehead atoms. The van der Waals surface area contributed by atoms with Crippen molar-refractivity contribution in [1.82, 2.24) is 5.32 Å². The van der Waals surface area contributed by atoms with Gasteiger partial charge in [0.2, 0.25) is 5.91 Å². The summed E-state index contributed by atoms with van der Waals surface area (Å²) in [5.74, 6) is -0.300. The summed E-state index contributed by atoms with van der Waals surface area (Å²) >= 11 is 0. The van der Waals surface area contributed by atoms with Crippen LogP contribution in [0.2, 0.25) is 0 Å². The van der Waals surface area contributed by atoms with Gasteiger partial charge in [0.25, 0.3) is 0 Å². The molecule has 100 heavy (non-hydrogen) atoms. The van der Waals surface area contributed by atoms with E-state index in [4.69, 9.17) is 28.4 Å². The number of allylic oxidation sites excluding steroid dienone is 23. The molecule has 3 fully saturated rings. The van der Waals surface area contributed by atoms with Crippen LogP contribution in [0.3, 0.4) is 0 Å². The SMILES string of the molecule is CC/C=C\C/C=C\C/C=C\C/C=C\C/C=C\C/C=C\C/C=C\C/C=C\C/C=C\C/C=C\CCCCCCCCCCC(=O)NC(COC1OC(CO)C(OC2OC(CO)C(OC3OC(CO)C(O)C(O)C3O)C(O)C2O)C(O)C1O)C(O)/C=C/CC/C=C/CCCCCCCCCCCC. The summed E-state index contributed by atoms with van der Waals surface area (Å²) in [6.45, 7) is 1.57. The Bertz CT molecular complexity index is 2380. The van der Waals surface area contributed by atoms with E-state index in [0.29, 0.717) is 12.8 Å². The number of nitrogens with one attached hydrogen (secondary N) is 1. The van der Waals surface area contributed by atoms with Gasteiger partial charge in [-0.3, -0.25) is 4.79 Å². The number of carbonyl (C=O) groups is 1. The number of carbonyl (C=O) groups excluding carboxylic acids is 1. The second-order valence-corrected chi connectivity index (χ2v) is 26.4. The van der Waals surface area contributed by atoms with E-state index in [1.807, 2.05) is 6.08 Å². The Hall–Kier alpha value is -4.33. The molecule has 17 unspecified atom stereocenters. The highest BCUT2D eigenvalue weighted by molar-refractivity contribution is 5.76. The van der Waals surface area contributed by atoms with Crippen LogP contribution in [0, 0.1) is 0 Å². The highest BCUT2D eigenvalue weighted by Crippen LogP contribution is 2.33. The monoisotopic (exact) mass is 1410 g/mol. The molecule has 570 valence electrons. The number of amides is 1. The minimum absolute atomic E-state index is 0.216. The fourth-order valence-electron chi connectivity index (χ4n) is 11.8. The van der Waals surface area contributed by atoms with E-state index >= 15 is 0 Å². The van der Waals surface area contributed by atoms with E-state index in [1.165, 1.54) is 64.2 Å². The van der Waals surface area contributed by atoms with Crippen LogP contribution in [-0.4, -0.2) is 193 Å². The lowest BCUT2D eigenvalue weighted by atomic mass is 9.96. The molecular weight excluding hydrogens is 1270 g/mol. The molecule has 3 aliphatic rings. The van der Waals surface area contributed by atoms with Crippen molar-refractivity contribution in [3.8, 4) is 0 Å². The van der Waals surface area contributed by atoms with E-state index < -0.39 is 124 Å². The zero-order chi connectivity index (χ0) is 72.5. The van der Waals surface area contributed by atoms with E-state index in [2.05, 4.69) is 153 Å². The van der Waals surface area contributed by atoms with Gasteiger partial charge in [-0.1, -0.05) is 256 Å². The Morgan fingerprint density at radius 2 is 0.700 bits per heavy atom. The summed E-state index contributed by atoms with van der Waals surface area (Å²) in [4.78, 5) is 13.4. The largest absolute Gasteiger partial charge is 0.394 e. The molecule has 17 atom stereocenters. The highest BCUT2D eigenvalue weighted by Gasteiger charge is 2.53. The minimum Gasteiger partial charge on any atom is -0.394 e. The molecule has 3 heterocycles. The standard InChI is InChI=1S/C81H133NO18/c1-3-5-7-9-11-13-15-17-19-21-22-23-24-25-26-27-28-29-30-31-32-33-34-35-36-37-38-39-40-41-42-43-45-47-49-51-53-55-57-59-69(87)82-64(65(86)58-56-54-52-50-48-46-44-20-18-16-14-12-10-8-6-4-2)63-95-79-75(93)72(90)77(67(61-84)97-79)100-81-76(94)73(91)78(68(62-85)98-81)99-80-74(92)71(89)70(88)66(60-83)96-80/h5,7,11,13,17,19,22-23,25-26,28-29,31-32,34-35,37-38,40-41,48,50,56,58,64-68,70-81,83-86,88-94H,3-4,6,8-10,12,14-16,18,20-21,24,27,30,33,36,39,42-47,49,51-55,57,59-63H2,1-2H3,(H,82,87)/b7-5-,13-11-,19-17-,23-22-,26-25-,29-28-,32-31-,35-34-,38-37-,41-40-,50-48+,58-56+. The number of hydrogen-bond donors (Lipinski definition) is 12. The van der Waals surface area contributed by atoms with Crippen LogP contribution in [0.1, 0.15) is 226 Å². The van der Waals surface area contributed by atoms with Crippen LogP contribution < -0.4 is 5.32 Å². The van der Waals surface area contributed by atoms with Gasteiger partial charge in [0.1, 0.15) is 73.2 Å². The van der Waals surface area contributed by atoms with Crippen molar-refractivity contribution in [2.75, 3.05) is 26.4 Å². The topological polar surface area (TPSA) is 307 Å². The first-order chi connectivity index (χ1) is 48.8. The highest BCUT2D eigenvalue weighted by atomic mass is 16.8. The fraction of sp³-hybridized carbons (Fsp3) is 0.691. The van der Waals surface area contributed by atoms with Gasteiger partial charge in [-0.05, 0) is 109 Å². The van der Waals surface area contributed by atoms with Crippen LogP contribution in [0.15, 0.2) is 146 Å². The molecule has 0 radical (unpaired) electrons. The van der Waals surface area contributed by atoms with E-state index in [-0.39, 0.29) is 18.9 Å². The number of aliphatic hydroxyl groups excluding tert-OH is 11. The predicted octanol–water partition coefficient (Wildman–Crippen LogP) is 11.9. The Labute approximate surface area is 600 Å². The molecule has 0 aromatic rings. The zero-order valence-corrected chi connectivity index (χ0v) is 60.6. The Kier molecular flexibility index (Phi) is 53.9. The molecule has 19 heteroatoms. The summed E-state index contributed by atoms with van der Waals surface area (Å²) in [7, 11) is 0. The average molecular weight is 1410 g/mol. The van der Waals surface area contributed by atoms with Gasteiger partial charge in [-0.2, -0.15) is 0 Å². The van der Waals surface area contributed by atoms with Crippen LogP contribution in [0.4, 0.5) is 0 Å². The van der Waals surface area contributed by atoms with Crippen molar-refractivity contribution < 1.29 is 89.4 Å². The number of unbranched alkanes of at least 4 members (excludes halogenated alkanes) is 19. The maximum atomic E-state index is 13.4. The number of aliphatic hydroxyl groups is 11. The lowest BCUT2D eigenvalue weighted by Gasteiger charge is -2.48. The molecule has 12 N–H and O–H groups in total. The van der Waals surface area contributed by atoms with Crippen LogP contribution in [0.5, 0.6) is 0 Å². The van der Waals surface area contributed by atoms with Crippen molar-refractivity contribution in [3.05, 3.63) is 146 Å². The second-order valence-electron chi connectivity index (χ2n) is 26.4. The summed E-state index contributed by atoms with van der Waals surface area (Å²) in [5, 5.41) is 121. The number of rotatable bonds is 57. The van der Waals surface area contributed by atoms with Gasteiger partial charge in [-0.15, -0.1) is 0 Å². The lowest BCUT2D eigenvalue weighted by Crippen LogP contribution is -2.66. The second kappa shape index (κ2) is 60.0. The van der Waals surface area contributed by atoms with Gasteiger partial charge in [0.05, 0.1) is 38.6 Å². The van der Waals surface area contributed by atoms with Crippen LogP contribution >= 0.6 is 0 Å². The Morgan fingerprint density at radius 1 is 0.370 bits per heavy atom. The number of ether oxygens (including phenoxy) is 6. The number of hydrogen-bond acceptors (Lipinski definition) is 18. The third kappa shape index (κ3) is 40.1. The molecule has 19 nitrogen and oxygen atoms in total. The van der Waals surface area contributed by atoms with Crippen molar-refractivity contribution in [2.45, 2.75) is 330 Å². The molecular formula is C81H133NO18. The normalized spacial score (nSPS) is 27.3. The first kappa shape index (κ1) is 89.9. The minimum atomic E-state index is -1.99. The lowest BCUT2D eigenvalue weighted by molar-refractivity contribution is -0.379. The first-order valence-electron chi connectivity index (χ1n) is 38.1.